The summed E-state index contributed by atoms with van der Waals surface area (Å²) in [5.41, 5.74) is 2.92. The summed E-state index contributed by atoms with van der Waals surface area (Å²) in [5, 5.41) is 15.2. The molecule has 1 N–H and O–H groups in total. The monoisotopic (exact) mass is 339 g/mol. The normalized spacial score (nSPS) is 12.1. The lowest BCUT2D eigenvalue weighted by Gasteiger charge is -2.13. The molecular weight excluding hydrogens is 318 g/mol. The Morgan fingerprint density at radius 2 is 2.04 bits per heavy atom. The van der Waals surface area contributed by atoms with E-state index >= 15 is 0 Å². The van der Waals surface area contributed by atoms with Crippen LogP contribution in [0.2, 0.25) is 0 Å². The quantitative estimate of drug-likeness (QED) is 0.746. The number of nitrogens with zero attached hydrogens (tertiary/aromatic N) is 4. The van der Waals surface area contributed by atoms with Crippen molar-refractivity contribution in [2.45, 2.75) is 32.7 Å². The first-order valence-corrected chi connectivity index (χ1v) is 8.20. The average Bonchev–Trinajstić information content (AvgIpc) is 3.21. The van der Waals surface area contributed by atoms with E-state index in [2.05, 4.69) is 20.6 Å². The number of aromatic nitrogens is 4. The Bertz CT molecular complexity index is 853. The van der Waals surface area contributed by atoms with Crippen LogP contribution in [0.25, 0.3) is 11.5 Å². The van der Waals surface area contributed by atoms with Gasteiger partial charge in [-0.1, -0.05) is 18.2 Å². The molecule has 0 saturated carbocycles. The summed E-state index contributed by atoms with van der Waals surface area (Å²) in [4.78, 5) is 12.2. The average molecular weight is 339 g/mol. The predicted molar refractivity (Wildman–Crippen MR) is 92.6 cm³/mol. The van der Waals surface area contributed by atoms with Crippen LogP contribution in [0.5, 0.6) is 0 Å². The molecule has 7 nitrogen and oxygen atoms in total. The molecule has 0 bridgehead atoms. The molecule has 0 aliphatic heterocycles. The van der Waals surface area contributed by atoms with Crippen molar-refractivity contribution in [1.29, 1.82) is 0 Å². The van der Waals surface area contributed by atoms with Crippen LogP contribution in [0.15, 0.2) is 40.9 Å². The highest BCUT2D eigenvalue weighted by atomic mass is 16.4. The van der Waals surface area contributed by atoms with Crippen LogP contribution in [0.1, 0.15) is 36.5 Å². The highest BCUT2D eigenvalue weighted by Gasteiger charge is 2.15. The zero-order valence-corrected chi connectivity index (χ0v) is 14.6. The summed E-state index contributed by atoms with van der Waals surface area (Å²) >= 11 is 0. The molecule has 2 aromatic heterocycles. The van der Waals surface area contributed by atoms with Crippen LogP contribution < -0.4 is 5.32 Å². The van der Waals surface area contributed by atoms with E-state index in [0.29, 0.717) is 24.6 Å². The van der Waals surface area contributed by atoms with Crippen molar-refractivity contribution in [2.24, 2.45) is 7.05 Å². The molecule has 3 rings (SSSR count). The van der Waals surface area contributed by atoms with Gasteiger partial charge in [-0.25, -0.2) is 0 Å². The first-order valence-electron chi connectivity index (χ1n) is 8.20. The number of aryl methyl sites for hydroxylation is 2. The lowest BCUT2D eigenvalue weighted by Crippen LogP contribution is -2.27. The molecule has 1 amide bonds. The second kappa shape index (κ2) is 7.29. The molecule has 0 aliphatic rings. The number of hydrogen-bond donors (Lipinski definition) is 1. The Labute approximate surface area is 146 Å². The molecule has 0 unspecified atom stereocenters. The smallest absolute Gasteiger partial charge is 0.247 e. The lowest BCUT2D eigenvalue weighted by atomic mass is 10.1. The van der Waals surface area contributed by atoms with Gasteiger partial charge in [0.25, 0.3) is 0 Å². The van der Waals surface area contributed by atoms with Gasteiger partial charge in [-0.3, -0.25) is 9.48 Å². The fourth-order valence-corrected chi connectivity index (χ4v) is 2.60. The molecule has 3 aromatic rings. The minimum atomic E-state index is -0.0937. The largest absolute Gasteiger partial charge is 0.421 e. The molecule has 0 fully saturated rings. The van der Waals surface area contributed by atoms with Gasteiger partial charge < -0.3 is 9.73 Å². The van der Waals surface area contributed by atoms with Crippen LogP contribution in [0.3, 0.4) is 0 Å². The molecule has 130 valence electrons. The number of carbonyl (C=O) groups is 1. The zero-order chi connectivity index (χ0) is 17.8. The summed E-state index contributed by atoms with van der Waals surface area (Å²) in [6, 6.07) is 9.46. The summed E-state index contributed by atoms with van der Waals surface area (Å²) < 4.78 is 7.41. The Balaban J connectivity index is 1.54. The van der Waals surface area contributed by atoms with E-state index in [1.165, 1.54) is 0 Å². The Morgan fingerprint density at radius 3 is 2.72 bits per heavy atom. The van der Waals surface area contributed by atoms with E-state index in [0.717, 1.165) is 16.8 Å². The van der Waals surface area contributed by atoms with Crippen molar-refractivity contribution in [3.05, 3.63) is 53.7 Å². The topological polar surface area (TPSA) is 85.8 Å². The van der Waals surface area contributed by atoms with E-state index in [1.807, 2.05) is 51.2 Å². The number of amides is 1. The summed E-state index contributed by atoms with van der Waals surface area (Å²) in [7, 11) is 1.88. The molecule has 0 saturated heterocycles. The van der Waals surface area contributed by atoms with Gasteiger partial charge in [0.15, 0.2) is 0 Å². The molecule has 0 spiro atoms. The van der Waals surface area contributed by atoms with Crippen molar-refractivity contribution in [3.8, 4) is 11.5 Å². The highest BCUT2D eigenvalue weighted by Crippen LogP contribution is 2.18. The highest BCUT2D eigenvalue weighted by molar-refractivity contribution is 5.76. The number of rotatable bonds is 6. The van der Waals surface area contributed by atoms with Gasteiger partial charge in [0.1, 0.15) is 0 Å². The molecule has 1 atom stereocenters. The van der Waals surface area contributed by atoms with Gasteiger partial charge in [-0.15, -0.1) is 10.2 Å². The number of hydrogen-bond acceptors (Lipinski definition) is 5. The van der Waals surface area contributed by atoms with Crippen LogP contribution in [-0.2, 0) is 18.3 Å². The molecule has 7 heteroatoms. The molecular formula is C18H21N5O2. The maximum Gasteiger partial charge on any atom is 0.247 e. The van der Waals surface area contributed by atoms with E-state index in [9.17, 15) is 4.79 Å². The predicted octanol–water partition coefficient (Wildman–Crippen LogP) is 2.59. The Hall–Kier alpha value is -2.96. The first kappa shape index (κ1) is 16.9. The summed E-state index contributed by atoms with van der Waals surface area (Å²) in [5.74, 6) is 0.866. The van der Waals surface area contributed by atoms with E-state index in [1.54, 1.807) is 10.9 Å². The Kier molecular flexibility index (Phi) is 4.92. The fourth-order valence-electron chi connectivity index (χ4n) is 2.60. The standard InChI is InChI=1S/C18H21N5O2/c1-12(15-11-19-23(3)13(15)2)20-16(24)9-10-17-21-22-18(25-17)14-7-5-4-6-8-14/h4-8,11-12H,9-10H2,1-3H3,(H,20,24)/t12-/m1/s1. The third-order valence-electron chi connectivity index (χ3n) is 4.17. The van der Waals surface area contributed by atoms with E-state index < -0.39 is 0 Å². The van der Waals surface area contributed by atoms with Gasteiger partial charge >= 0.3 is 0 Å². The van der Waals surface area contributed by atoms with Gasteiger partial charge in [-0.05, 0) is 26.0 Å². The van der Waals surface area contributed by atoms with Gasteiger partial charge in [0.2, 0.25) is 17.7 Å². The second-order valence-corrected chi connectivity index (χ2v) is 5.97. The third-order valence-corrected chi connectivity index (χ3v) is 4.17. The van der Waals surface area contributed by atoms with Gasteiger partial charge in [0.05, 0.1) is 12.2 Å². The molecule has 2 heterocycles. The zero-order valence-electron chi connectivity index (χ0n) is 14.6. The van der Waals surface area contributed by atoms with E-state index in [-0.39, 0.29) is 11.9 Å². The maximum absolute atomic E-state index is 12.2. The minimum absolute atomic E-state index is 0.0600. The van der Waals surface area contributed by atoms with Crippen LogP contribution >= 0.6 is 0 Å². The van der Waals surface area contributed by atoms with Crippen molar-refractivity contribution in [1.82, 2.24) is 25.3 Å². The van der Waals surface area contributed by atoms with Crippen LogP contribution in [0.4, 0.5) is 0 Å². The van der Waals surface area contributed by atoms with Crippen molar-refractivity contribution < 1.29 is 9.21 Å². The van der Waals surface area contributed by atoms with Crippen molar-refractivity contribution >= 4 is 5.91 Å². The first-order chi connectivity index (χ1) is 12.0. The number of nitrogens with one attached hydrogen (secondary N) is 1. The van der Waals surface area contributed by atoms with Crippen molar-refractivity contribution in [3.63, 3.8) is 0 Å². The van der Waals surface area contributed by atoms with E-state index in [4.69, 9.17) is 4.42 Å². The minimum Gasteiger partial charge on any atom is -0.421 e. The molecule has 25 heavy (non-hydrogen) atoms. The van der Waals surface area contributed by atoms with Crippen molar-refractivity contribution in [2.75, 3.05) is 0 Å². The van der Waals surface area contributed by atoms with Gasteiger partial charge in [-0.2, -0.15) is 5.10 Å². The SMILES string of the molecule is Cc1c([C@@H](C)NC(=O)CCc2nnc(-c3ccccc3)o2)cnn1C. The lowest BCUT2D eigenvalue weighted by molar-refractivity contribution is -0.121. The second-order valence-electron chi connectivity index (χ2n) is 5.97. The van der Waals surface area contributed by atoms with Crippen LogP contribution in [-0.4, -0.2) is 25.9 Å². The van der Waals surface area contributed by atoms with Crippen LogP contribution in [0, 0.1) is 6.92 Å². The molecule has 0 aliphatic carbocycles. The Morgan fingerprint density at radius 1 is 1.28 bits per heavy atom. The summed E-state index contributed by atoms with van der Waals surface area (Å²) in [6.45, 7) is 3.93. The molecule has 0 radical (unpaired) electrons. The maximum atomic E-state index is 12.2. The number of benzene rings is 1. The number of carbonyl (C=O) groups excluding carboxylic acids is 1. The third kappa shape index (κ3) is 3.93. The summed E-state index contributed by atoms with van der Waals surface area (Å²) in [6.07, 6.45) is 2.48. The molecule has 1 aromatic carbocycles. The van der Waals surface area contributed by atoms with Gasteiger partial charge in [0, 0.05) is 36.7 Å². The fraction of sp³-hybridized carbons (Fsp3) is 0.333.